The molecule has 3 aromatic rings. The number of aliphatic carboxylic acids is 1. The number of hydrogen-bond acceptors (Lipinski definition) is 12. The fourth-order valence-electron chi connectivity index (χ4n) is 4.00. The van der Waals surface area contributed by atoms with E-state index < -0.39 is 54.9 Å². The minimum Gasteiger partial charge on any atom is -0.543 e. The topological polar surface area (TPSA) is 171 Å². The number of alkyl halides is 2. The summed E-state index contributed by atoms with van der Waals surface area (Å²) in [7, 11) is 0. The number of amides is 2. The lowest BCUT2D eigenvalue weighted by molar-refractivity contribution is -0.687. The number of carboxylic acids is 1. The Kier molecular flexibility index (Phi) is 7.26. The first-order valence-electron chi connectivity index (χ1n) is 10.9. The first kappa shape index (κ1) is 26.0. The number of nitrogens with one attached hydrogen (secondary N) is 1. The molecule has 18 heteroatoms. The fourth-order valence-corrected chi connectivity index (χ4v) is 6.67. The predicted octanol–water partition coefficient (Wildman–Crippen LogP) is -1.01. The molecule has 0 spiro atoms. The molecule has 1 fully saturated rings. The van der Waals surface area contributed by atoms with Gasteiger partial charge in [-0.15, -0.1) is 11.8 Å². The summed E-state index contributed by atoms with van der Waals surface area (Å²) in [4.78, 5) is 48.5. The van der Waals surface area contributed by atoms with Crippen LogP contribution in [0.4, 0.5) is 13.9 Å². The number of nitrogens with two attached hydrogens (primary N) is 1. The molecule has 200 valence electrons. The molecule has 0 bridgehead atoms. The molecule has 0 unspecified atom stereocenters. The van der Waals surface area contributed by atoms with E-state index in [1.807, 2.05) is 0 Å². The van der Waals surface area contributed by atoms with Crippen molar-refractivity contribution in [2.24, 2.45) is 5.16 Å². The molecule has 2 aliphatic rings. The van der Waals surface area contributed by atoms with Crippen molar-refractivity contribution in [2.45, 2.75) is 24.6 Å². The Bertz CT molecular complexity index is 1480. The lowest BCUT2D eigenvalue weighted by Crippen LogP contribution is -2.71. The molecule has 3 aromatic heterocycles. The number of carboxylic acid groups (broad SMARTS) is 1. The third-order valence-electron chi connectivity index (χ3n) is 5.63. The van der Waals surface area contributed by atoms with E-state index in [0.717, 1.165) is 21.3 Å². The molecule has 0 saturated carbocycles. The van der Waals surface area contributed by atoms with Gasteiger partial charge in [0.25, 0.3) is 11.8 Å². The lowest BCUT2D eigenvalue weighted by atomic mass is 10.0. The first-order valence-corrected chi connectivity index (χ1v) is 13.6. The number of imidazole rings is 1. The van der Waals surface area contributed by atoms with Crippen LogP contribution in [0, 0.1) is 0 Å². The van der Waals surface area contributed by atoms with Gasteiger partial charge in [0, 0.05) is 28.2 Å². The van der Waals surface area contributed by atoms with E-state index in [1.165, 1.54) is 23.1 Å². The van der Waals surface area contributed by atoms with E-state index >= 15 is 0 Å². The molecule has 0 aromatic carbocycles. The van der Waals surface area contributed by atoms with Crippen molar-refractivity contribution in [3.63, 3.8) is 0 Å². The quantitative estimate of drug-likeness (QED) is 0.0996. The summed E-state index contributed by atoms with van der Waals surface area (Å²) in [5, 5.41) is 19.2. The summed E-state index contributed by atoms with van der Waals surface area (Å²) >= 11 is 3.41. The van der Waals surface area contributed by atoms with Crippen LogP contribution in [-0.2, 0) is 32.4 Å². The highest BCUT2D eigenvalue weighted by atomic mass is 32.2. The standard InChI is InChI=1S/C20H18F2N8O5S3/c21-1-2-35-26-12(15-25-20(23)38-27-15)16(31)24-13-17(32)30-14(19(33)34)9(6-37-18(13)30)4-28-5-11-29(8-28)10(3-22)7-36-11/h5,7-8,13,18H,1-4,6H2,(H3-,23,24,25,27,31,33,34)/b26-12-/t13-,18-/m1/s1. The van der Waals surface area contributed by atoms with E-state index in [4.69, 9.17) is 10.6 Å². The highest BCUT2D eigenvalue weighted by Crippen LogP contribution is 2.40. The minimum absolute atomic E-state index is 0.0536. The van der Waals surface area contributed by atoms with Crippen LogP contribution in [-0.4, -0.2) is 72.6 Å². The Hall–Kier alpha value is -3.64. The van der Waals surface area contributed by atoms with Crippen LogP contribution in [0.25, 0.3) is 4.83 Å². The largest absolute Gasteiger partial charge is 0.543 e. The van der Waals surface area contributed by atoms with Crippen molar-refractivity contribution >= 4 is 68.1 Å². The summed E-state index contributed by atoms with van der Waals surface area (Å²) in [6.45, 7) is -1.77. The van der Waals surface area contributed by atoms with Crippen LogP contribution in [0.5, 0.6) is 0 Å². The number of thioether (sulfide) groups is 1. The molecule has 13 nitrogen and oxygen atoms in total. The smallest absolute Gasteiger partial charge is 0.278 e. The SMILES string of the molecule is Nc1nc(/C(=N/OCCF)C(=O)N[C@@H]2C(=O)N3C(C(=O)[O-])=C(C[n+]4cc5scc(CF)n5c4)CS[C@H]23)ns1. The normalized spacial score (nSPS) is 19.5. The molecule has 2 atom stereocenters. The van der Waals surface area contributed by atoms with E-state index in [-0.39, 0.29) is 29.0 Å². The third-order valence-corrected chi connectivity index (χ3v) is 8.45. The van der Waals surface area contributed by atoms with Gasteiger partial charge in [-0.3, -0.25) is 14.5 Å². The van der Waals surface area contributed by atoms with Gasteiger partial charge in [-0.1, -0.05) is 16.5 Å². The Labute approximate surface area is 224 Å². The molecule has 2 aliphatic heterocycles. The van der Waals surface area contributed by atoms with Gasteiger partial charge in [0.05, 0.1) is 11.7 Å². The van der Waals surface area contributed by atoms with Crippen LogP contribution in [0.1, 0.15) is 11.5 Å². The van der Waals surface area contributed by atoms with E-state index in [0.29, 0.717) is 11.3 Å². The number of carbonyl (C=O) groups is 3. The van der Waals surface area contributed by atoms with Crippen molar-refractivity contribution in [3.8, 4) is 0 Å². The number of oxime groups is 1. The van der Waals surface area contributed by atoms with Gasteiger partial charge < -0.3 is 25.8 Å². The van der Waals surface area contributed by atoms with Gasteiger partial charge >= 0.3 is 0 Å². The second kappa shape index (κ2) is 10.6. The number of nitrogen functional groups attached to an aromatic ring is 1. The number of hydrogen-bond donors (Lipinski definition) is 2. The molecule has 0 aliphatic carbocycles. The zero-order chi connectivity index (χ0) is 27.0. The van der Waals surface area contributed by atoms with Gasteiger partial charge in [0.2, 0.25) is 22.7 Å². The molecule has 38 heavy (non-hydrogen) atoms. The van der Waals surface area contributed by atoms with Crippen molar-refractivity contribution < 1.29 is 37.7 Å². The molecule has 0 radical (unpaired) electrons. The number of anilines is 1. The first-order chi connectivity index (χ1) is 18.3. The highest BCUT2D eigenvalue weighted by molar-refractivity contribution is 8.00. The number of halogens is 2. The number of nitrogens with zero attached hydrogens (tertiary/aromatic N) is 6. The predicted molar refractivity (Wildman–Crippen MR) is 130 cm³/mol. The highest BCUT2D eigenvalue weighted by Gasteiger charge is 2.53. The monoisotopic (exact) mass is 584 g/mol. The maximum atomic E-state index is 13.2. The molecule has 1 saturated heterocycles. The van der Waals surface area contributed by atoms with Gasteiger partial charge in [-0.05, 0) is 0 Å². The number of fused-ring (bicyclic) bond motifs is 2. The van der Waals surface area contributed by atoms with Crippen LogP contribution in [0.2, 0.25) is 0 Å². The summed E-state index contributed by atoms with van der Waals surface area (Å²) in [5.74, 6) is -3.00. The molecular weight excluding hydrogens is 566 g/mol. The van der Waals surface area contributed by atoms with Crippen molar-refractivity contribution in [1.29, 1.82) is 0 Å². The molecule has 3 N–H and O–H groups in total. The number of thiazole rings is 1. The molecular formula is C20H18F2N8O5S3. The van der Waals surface area contributed by atoms with Crippen LogP contribution in [0.15, 0.2) is 34.3 Å². The van der Waals surface area contributed by atoms with Crippen molar-refractivity contribution in [2.75, 3.05) is 24.8 Å². The third kappa shape index (κ3) is 4.69. The summed E-state index contributed by atoms with van der Waals surface area (Å²) in [6, 6.07) is -1.08. The van der Waals surface area contributed by atoms with Gasteiger partial charge in [0.15, 0.2) is 17.5 Å². The average molecular weight is 585 g/mol. The Balaban J connectivity index is 1.34. The Morgan fingerprint density at radius 1 is 1.39 bits per heavy atom. The summed E-state index contributed by atoms with van der Waals surface area (Å²) in [6.07, 6.45) is 3.41. The van der Waals surface area contributed by atoms with E-state index in [1.54, 1.807) is 26.9 Å². The van der Waals surface area contributed by atoms with Crippen molar-refractivity contribution in [3.05, 3.63) is 40.7 Å². The number of rotatable bonds is 10. The van der Waals surface area contributed by atoms with Gasteiger partial charge in [-0.25, -0.2) is 13.3 Å². The second-order valence-electron chi connectivity index (χ2n) is 8.00. The van der Waals surface area contributed by atoms with E-state index in [2.05, 4.69) is 19.8 Å². The lowest BCUT2D eigenvalue weighted by Gasteiger charge is -2.50. The zero-order valence-electron chi connectivity index (χ0n) is 19.2. The van der Waals surface area contributed by atoms with E-state index in [9.17, 15) is 28.3 Å². The molecule has 5 rings (SSSR count). The zero-order valence-corrected chi connectivity index (χ0v) is 21.7. The summed E-state index contributed by atoms with van der Waals surface area (Å²) in [5.41, 5.74) is 5.79. The average Bonchev–Trinajstić information content (AvgIpc) is 3.60. The second-order valence-corrected chi connectivity index (χ2v) is 10.8. The molecule has 5 heterocycles. The van der Waals surface area contributed by atoms with Crippen LogP contribution >= 0.6 is 34.6 Å². The van der Waals surface area contributed by atoms with Crippen LogP contribution in [0.3, 0.4) is 0 Å². The van der Waals surface area contributed by atoms with Crippen molar-refractivity contribution in [1.82, 2.24) is 24.0 Å². The number of carbonyl (C=O) groups excluding carboxylic acids is 3. The fraction of sp³-hybridized carbons (Fsp3) is 0.350. The Morgan fingerprint density at radius 3 is 2.89 bits per heavy atom. The maximum Gasteiger partial charge on any atom is 0.278 e. The van der Waals surface area contributed by atoms with Gasteiger partial charge in [-0.2, -0.15) is 13.8 Å². The number of aromatic nitrogens is 4. The number of β-lactam (4-membered cyclic amide) rings is 1. The minimum atomic E-state index is -1.53. The van der Waals surface area contributed by atoms with Crippen LogP contribution < -0.4 is 20.7 Å². The summed E-state index contributed by atoms with van der Waals surface area (Å²) < 4.78 is 32.9. The molecule has 2 amide bonds. The van der Waals surface area contributed by atoms with Gasteiger partial charge in [0.1, 0.15) is 37.4 Å². The Morgan fingerprint density at radius 2 is 2.21 bits per heavy atom. The maximum absolute atomic E-state index is 13.2.